The van der Waals surface area contributed by atoms with Gasteiger partial charge in [0.1, 0.15) is 12.4 Å². The van der Waals surface area contributed by atoms with E-state index in [2.05, 4.69) is 0 Å². The molecular weight excluding hydrogens is 355 g/mol. The molecule has 0 aliphatic rings. The molecule has 24 heavy (non-hydrogen) atoms. The molecule has 0 radical (unpaired) electrons. The Morgan fingerprint density at radius 1 is 1.29 bits per heavy atom. The second-order valence-electron chi connectivity index (χ2n) is 5.64. The average Bonchev–Trinajstić information content (AvgIpc) is 2.43. The van der Waals surface area contributed by atoms with Crippen LogP contribution in [0.1, 0.15) is 31.7 Å². The van der Waals surface area contributed by atoms with E-state index in [1.807, 2.05) is 44.2 Å². The minimum Gasteiger partial charge on any atom is -0.489 e. The van der Waals surface area contributed by atoms with Crippen molar-refractivity contribution in [1.29, 1.82) is 0 Å². The Morgan fingerprint density at radius 3 is 2.38 bits per heavy atom. The third-order valence-corrected chi connectivity index (χ3v) is 6.91. The lowest BCUT2D eigenvalue weighted by Gasteiger charge is -2.14. The van der Waals surface area contributed by atoms with Crippen LogP contribution in [0.4, 0.5) is 0 Å². The van der Waals surface area contributed by atoms with E-state index in [9.17, 15) is 13.0 Å². The van der Waals surface area contributed by atoms with Gasteiger partial charge in [-0.05, 0) is 50.8 Å². The van der Waals surface area contributed by atoms with Crippen LogP contribution in [0.25, 0.3) is 0 Å². The zero-order valence-corrected chi connectivity index (χ0v) is 15.3. The third-order valence-electron chi connectivity index (χ3n) is 3.35. The lowest BCUT2D eigenvalue weighted by molar-refractivity contribution is 0.351. The summed E-state index contributed by atoms with van der Waals surface area (Å²) < 4.78 is 47.6. The van der Waals surface area contributed by atoms with Gasteiger partial charge in [-0.2, -0.15) is 8.42 Å². The molecule has 1 aromatic rings. The third kappa shape index (κ3) is 7.59. The van der Waals surface area contributed by atoms with Crippen LogP contribution in [-0.2, 0) is 14.7 Å². The Bertz CT molecular complexity index is 704. The minimum absolute atomic E-state index is 0.220. The van der Waals surface area contributed by atoms with Crippen molar-refractivity contribution in [3.05, 3.63) is 41.5 Å². The van der Waals surface area contributed by atoms with Crippen molar-refractivity contribution in [1.82, 2.24) is 0 Å². The quantitative estimate of drug-likeness (QED) is 0.261. The first-order valence-electron chi connectivity index (χ1n) is 7.37. The molecular formula is C15H23O7PS. The molecule has 1 aromatic carbocycles. The monoisotopic (exact) mass is 378 g/mol. The minimum atomic E-state index is -4.90. The average molecular weight is 378 g/mol. The first kappa shape index (κ1) is 20.9. The molecule has 0 amide bonds. The van der Waals surface area contributed by atoms with E-state index < -0.39 is 22.7 Å². The van der Waals surface area contributed by atoms with Gasteiger partial charge in [-0.3, -0.25) is 9.12 Å². The second kappa shape index (κ2) is 8.78. The highest BCUT2D eigenvalue weighted by atomic mass is 32.2. The van der Waals surface area contributed by atoms with Gasteiger partial charge in [0.25, 0.3) is 10.1 Å². The fourth-order valence-corrected chi connectivity index (χ4v) is 4.39. The molecule has 0 saturated carbocycles. The summed E-state index contributed by atoms with van der Waals surface area (Å²) in [5.41, 5.74) is 2.04. The summed E-state index contributed by atoms with van der Waals surface area (Å²) in [4.78, 5) is 15.9. The lowest BCUT2D eigenvalue weighted by Crippen LogP contribution is -2.20. The van der Waals surface area contributed by atoms with E-state index in [4.69, 9.17) is 19.1 Å². The van der Waals surface area contributed by atoms with Crippen LogP contribution in [0.3, 0.4) is 0 Å². The smallest absolute Gasteiger partial charge is 0.346 e. The maximum atomic E-state index is 11.1. The van der Waals surface area contributed by atoms with Gasteiger partial charge in [-0.1, -0.05) is 23.8 Å². The van der Waals surface area contributed by atoms with Crippen LogP contribution in [0.15, 0.2) is 35.9 Å². The van der Waals surface area contributed by atoms with Crippen molar-refractivity contribution in [2.75, 3.05) is 6.61 Å². The van der Waals surface area contributed by atoms with Crippen LogP contribution < -0.4 is 4.74 Å². The number of aryl methyl sites for hydroxylation is 1. The fraction of sp³-hybridized carbons (Fsp3) is 0.467. The fourth-order valence-electron chi connectivity index (χ4n) is 2.02. The number of allylic oxidation sites excluding steroid dienone is 1. The van der Waals surface area contributed by atoms with Crippen LogP contribution in [0, 0.1) is 6.92 Å². The molecule has 0 fully saturated rings. The van der Waals surface area contributed by atoms with Gasteiger partial charge in [-0.25, -0.2) is 0 Å². The summed E-state index contributed by atoms with van der Waals surface area (Å²) in [6, 6.07) is 7.59. The van der Waals surface area contributed by atoms with Crippen molar-refractivity contribution < 1.29 is 32.1 Å². The number of hydrogen-bond acceptors (Lipinski definition) is 4. The first-order chi connectivity index (χ1) is 11.0. The van der Waals surface area contributed by atoms with E-state index in [1.54, 1.807) is 0 Å². The molecule has 0 bridgehead atoms. The molecule has 1 rings (SSSR count). The zero-order chi connectivity index (χ0) is 18.4. The maximum absolute atomic E-state index is 11.1. The largest absolute Gasteiger partial charge is 0.489 e. The van der Waals surface area contributed by atoms with Gasteiger partial charge in [-0.15, -0.1) is 0 Å². The molecule has 1 atom stereocenters. The van der Waals surface area contributed by atoms with Crippen molar-refractivity contribution >= 4 is 17.7 Å². The van der Waals surface area contributed by atoms with Gasteiger partial charge < -0.3 is 14.5 Å². The first-order valence-corrected chi connectivity index (χ1v) is 10.6. The molecule has 0 heterocycles. The van der Waals surface area contributed by atoms with Crippen LogP contribution >= 0.6 is 7.60 Å². The van der Waals surface area contributed by atoms with Gasteiger partial charge >= 0.3 is 7.60 Å². The summed E-state index contributed by atoms with van der Waals surface area (Å²) in [5.74, 6) is 0.737. The second-order valence-corrected chi connectivity index (χ2v) is 9.39. The van der Waals surface area contributed by atoms with E-state index in [-0.39, 0.29) is 12.8 Å². The highest BCUT2D eigenvalue weighted by Gasteiger charge is 2.38. The highest BCUT2D eigenvalue weighted by molar-refractivity contribution is 7.93. The predicted octanol–water partition coefficient (Wildman–Crippen LogP) is 2.88. The Hall–Kier alpha value is -1.18. The topological polar surface area (TPSA) is 121 Å². The molecule has 0 saturated heterocycles. The van der Waals surface area contributed by atoms with Crippen molar-refractivity contribution in [2.24, 2.45) is 0 Å². The molecule has 1 unspecified atom stereocenters. The SMILES string of the molecule is C/C(=C\CCCC(P(=O)(O)O)S(=O)(=O)O)COc1ccc(C)cc1. The normalized spacial score (nSPS) is 14.5. The number of unbranched alkanes of at least 4 members (excludes halogenated alkanes) is 1. The summed E-state index contributed by atoms with van der Waals surface area (Å²) in [7, 11) is -9.68. The molecule has 7 nitrogen and oxygen atoms in total. The van der Waals surface area contributed by atoms with E-state index in [1.165, 1.54) is 0 Å². The number of benzene rings is 1. The van der Waals surface area contributed by atoms with Gasteiger partial charge in [0.2, 0.25) is 0 Å². The summed E-state index contributed by atoms with van der Waals surface area (Å²) in [6.07, 6.45) is 2.15. The molecule has 0 aromatic heterocycles. The Kier molecular flexibility index (Phi) is 7.63. The standard InChI is InChI=1S/C15H23O7PS/c1-12-7-9-14(10-8-12)22-11-13(2)5-3-4-6-15(23(16,17)18)24(19,20)21/h5,7-10,15H,3-4,6,11H2,1-2H3,(H2,16,17,18)(H,19,20,21)/b13-5+. The molecule has 136 valence electrons. The lowest BCUT2D eigenvalue weighted by atomic mass is 10.2. The van der Waals surface area contributed by atoms with Crippen molar-refractivity contribution in [2.45, 2.75) is 38.1 Å². The molecule has 0 spiro atoms. The van der Waals surface area contributed by atoms with Crippen molar-refractivity contribution in [3.8, 4) is 5.75 Å². The van der Waals surface area contributed by atoms with Crippen LogP contribution in [-0.4, -0.2) is 34.4 Å². The molecule has 0 aliphatic heterocycles. The Morgan fingerprint density at radius 2 is 1.88 bits per heavy atom. The zero-order valence-electron chi connectivity index (χ0n) is 13.6. The Labute approximate surface area is 142 Å². The van der Waals surface area contributed by atoms with Gasteiger partial charge in [0.15, 0.2) is 4.99 Å². The molecule has 9 heteroatoms. The van der Waals surface area contributed by atoms with E-state index in [0.29, 0.717) is 13.0 Å². The molecule has 3 N–H and O–H groups in total. The number of hydrogen-bond donors (Lipinski definition) is 3. The number of ether oxygens (including phenoxy) is 1. The summed E-state index contributed by atoms with van der Waals surface area (Å²) in [5, 5.41) is 0. The molecule has 0 aliphatic carbocycles. The number of rotatable bonds is 9. The predicted molar refractivity (Wildman–Crippen MR) is 91.7 cm³/mol. The van der Waals surface area contributed by atoms with E-state index >= 15 is 0 Å². The Balaban J connectivity index is 2.45. The summed E-state index contributed by atoms with van der Waals surface area (Å²) in [6.45, 7) is 4.19. The van der Waals surface area contributed by atoms with E-state index in [0.717, 1.165) is 16.9 Å². The van der Waals surface area contributed by atoms with Gasteiger partial charge in [0.05, 0.1) is 0 Å². The maximum Gasteiger partial charge on any atom is 0.346 e. The summed E-state index contributed by atoms with van der Waals surface area (Å²) >= 11 is 0. The van der Waals surface area contributed by atoms with Crippen LogP contribution in [0.2, 0.25) is 0 Å². The van der Waals surface area contributed by atoms with Gasteiger partial charge in [0, 0.05) is 0 Å². The van der Waals surface area contributed by atoms with Crippen LogP contribution in [0.5, 0.6) is 5.75 Å². The highest BCUT2D eigenvalue weighted by Crippen LogP contribution is 2.46. The van der Waals surface area contributed by atoms with Crippen molar-refractivity contribution in [3.63, 3.8) is 0 Å².